The van der Waals surface area contributed by atoms with Crippen LogP contribution in [0.4, 0.5) is 0 Å². The average Bonchev–Trinajstić information content (AvgIpc) is 2.99. The van der Waals surface area contributed by atoms with Gasteiger partial charge in [0.2, 0.25) is 0 Å². The maximum Gasteiger partial charge on any atom is 0.0777 e. The van der Waals surface area contributed by atoms with Gasteiger partial charge in [0.05, 0.1) is 24.4 Å². The molecule has 1 heterocycles. The van der Waals surface area contributed by atoms with Crippen molar-refractivity contribution < 1.29 is 14.9 Å². The van der Waals surface area contributed by atoms with Gasteiger partial charge in [0.1, 0.15) is 0 Å². The number of aliphatic hydroxyl groups excluding tert-OH is 2. The van der Waals surface area contributed by atoms with E-state index in [1.807, 2.05) is 0 Å². The standard InChI is InChI=1S/C30H50O3/c1-24(2)14-15-29-18-33-30(21(29)16-24)13-9-20-26(5)11-10-22(31)25(3,4)19(26)8-12-27(20,6)28(30,7)17-23(29)32/h19-23,31-32H,8-18H2,1-7H3/t19?,20?,21?,22?,23?,26-,27+,28-,29+,30-/m0/s1. The molecule has 5 aliphatic carbocycles. The van der Waals surface area contributed by atoms with Crippen LogP contribution < -0.4 is 0 Å². The van der Waals surface area contributed by atoms with E-state index in [1.54, 1.807) is 0 Å². The second-order valence-corrected chi connectivity index (χ2v) is 15.9. The molecule has 3 nitrogen and oxygen atoms in total. The van der Waals surface area contributed by atoms with Gasteiger partial charge in [0.25, 0.3) is 0 Å². The Morgan fingerprint density at radius 3 is 2.09 bits per heavy atom. The van der Waals surface area contributed by atoms with E-state index in [0.29, 0.717) is 23.2 Å². The van der Waals surface area contributed by atoms with Crippen molar-refractivity contribution in [2.45, 2.75) is 130 Å². The van der Waals surface area contributed by atoms with Gasteiger partial charge in [-0.3, -0.25) is 0 Å². The number of ether oxygens (including phenoxy) is 1. The van der Waals surface area contributed by atoms with Crippen molar-refractivity contribution in [2.24, 2.45) is 50.2 Å². The van der Waals surface area contributed by atoms with E-state index in [1.165, 1.54) is 38.5 Å². The Bertz CT molecular complexity index is 849. The first-order valence-corrected chi connectivity index (χ1v) is 14.2. The van der Waals surface area contributed by atoms with Gasteiger partial charge in [-0.2, -0.15) is 0 Å². The summed E-state index contributed by atoms with van der Waals surface area (Å²) < 4.78 is 7.11. The van der Waals surface area contributed by atoms with Gasteiger partial charge in [-0.25, -0.2) is 0 Å². The molecule has 0 aromatic carbocycles. The van der Waals surface area contributed by atoms with Crippen LogP contribution in [-0.4, -0.2) is 34.6 Å². The lowest BCUT2D eigenvalue weighted by Gasteiger charge is -2.75. The molecule has 10 atom stereocenters. The molecule has 1 saturated heterocycles. The van der Waals surface area contributed by atoms with Crippen LogP contribution in [0.3, 0.4) is 0 Å². The highest BCUT2D eigenvalue weighted by molar-refractivity contribution is 5.28. The summed E-state index contributed by atoms with van der Waals surface area (Å²) in [5.74, 6) is 1.72. The van der Waals surface area contributed by atoms with Crippen LogP contribution in [0, 0.1) is 50.2 Å². The molecule has 0 radical (unpaired) electrons. The van der Waals surface area contributed by atoms with Crippen LogP contribution in [0.25, 0.3) is 0 Å². The normalized spacial score (nSPS) is 60.8. The summed E-state index contributed by atoms with van der Waals surface area (Å²) in [6.45, 7) is 18.1. The minimum absolute atomic E-state index is 0.00370. The Morgan fingerprint density at radius 2 is 1.36 bits per heavy atom. The molecule has 5 unspecified atom stereocenters. The highest BCUT2D eigenvalue weighted by Crippen LogP contribution is 2.80. The van der Waals surface area contributed by atoms with Crippen molar-refractivity contribution in [1.29, 1.82) is 0 Å². The molecule has 3 heteroatoms. The van der Waals surface area contributed by atoms with E-state index >= 15 is 0 Å². The van der Waals surface area contributed by atoms with Crippen LogP contribution >= 0.6 is 0 Å². The van der Waals surface area contributed by atoms with Gasteiger partial charge in [0.15, 0.2) is 0 Å². The number of hydrogen-bond donors (Lipinski definition) is 2. The highest BCUT2D eigenvalue weighted by Gasteiger charge is 2.79. The smallest absolute Gasteiger partial charge is 0.0777 e. The monoisotopic (exact) mass is 458 g/mol. The average molecular weight is 459 g/mol. The summed E-state index contributed by atoms with van der Waals surface area (Å²) in [4.78, 5) is 0. The second-order valence-electron chi connectivity index (χ2n) is 15.9. The summed E-state index contributed by atoms with van der Waals surface area (Å²) in [6.07, 6.45) is 11.0. The predicted octanol–water partition coefficient (Wildman–Crippen LogP) is 6.35. The highest BCUT2D eigenvalue weighted by atomic mass is 16.5. The van der Waals surface area contributed by atoms with Gasteiger partial charge < -0.3 is 14.9 Å². The third-order valence-electron chi connectivity index (χ3n) is 14.2. The summed E-state index contributed by atoms with van der Waals surface area (Å²) in [7, 11) is 0. The van der Waals surface area contributed by atoms with Crippen LogP contribution in [0.15, 0.2) is 0 Å². The SMILES string of the molecule is CC1(C)CC[C@]23CO[C@@]4(CCC5[C@@]6(C)CCC(O)C(C)(C)C6CC[C@@]5(C)[C@]4(C)CC2O)C3C1. The fourth-order valence-electron chi connectivity index (χ4n) is 12.0. The van der Waals surface area contributed by atoms with Crippen molar-refractivity contribution in [1.82, 2.24) is 0 Å². The van der Waals surface area contributed by atoms with Gasteiger partial charge in [-0.05, 0) is 104 Å². The molecule has 2 N–H and O–H groups in total. The van der Waals surface area contributed by atoms with E-state index in [-0.39, 0.29) is 44.9 Å². The molecular weight excluding hydrogens is 408 g/mol. The third-order valence-corrected chi connectivity index (χ3v) is 14.2. The van der Waals surface area contributed by atoms with Crippen LogP contribution in [-0.2, 0) is 4.74 Å². The van der Waals surface area contributed by atoms with E-state index in [2.05, 4.69) is 48.5 Å². The minimum atomic E-state index is -0.232. The maximum atomic E-state index is 11.9. The lowest BCUT2D eigenvalue weighted by molar-refractivity contribution is -0.298. The van der Waals surface area contributed by atoms with Crippen LogP contribution in [0.1, 0.15) is 113 Å². The van der Waals surface area contributed by atoms with Gasteiger partial charge in [-0.1, -0.05) is 48.5 Å². The Hall–Kier alpha value is -0.120. The zero-order valence-electron chi connectivity index (χ0n) is 22.5. The molecule has 33 heavy (non-hydrogen) atoms. The second kappa shape index (κ2) is 6.41. The number of rotatable bonds is 0. The van der Waals surface area contributed by atoms with E-state index in [0.717, 1.165) is 32.3 Å². The molecule has 1 spiro atoms. The number of aliphatic hydroxyl groups is 2. The van der Waals surface area contributed by atoms with Gasteiger partial charge in [0, 0.05) is 10.8 Å². The molecule has 188 valence electrons. The lowest BCUT2D eigenvalue weighted by Crippen LogP contribution is -2.73. The molecular formula is C30H50O3. The molecule has 6 fully saturated rings. The fraction of sp³-hybridized carbons (Fsp3) is 1.00. The van der Waals surface area contributed by atoms with Crippen LogP contribution in [0.5, 0.6) is 0 Å². The van der Waals surface area contributed by atoms with Crippen molar-refractivity contribution >= 4 is 0 Å². The van der Waals surface area contributed by atoms with Gasteiger partial charge in [-0.15, -0.1) is 0 Å². The molecule has 1 aliphatic heterocycles. The summed E-state index contributed by atoms with van der Waals surface area (Å²) in [5, 5.41) is 22.8. The number of hydrogen-bond acceptors (Lipinski definition) is 3. The maximum absolute atomic E-state index is 11.9. The molecule has 6 rings (SSSR count). The first kappa shape index (κ1) is 23.3. The van der Waals surface area contributed by atoms with Crippen molar-refractivity contribution in [3.8, 4) is 0 Å². The Morgan fingerprint density at radius 1 is 0.667 bits per heavy atom. The summed E-state index contributed by atoms with van der Waals surface area (Å²) in [6, 6.07) is 0. The lowest BCUT2D eigenvalue weighted by atomic mass is 9.30. The first-order chi connectivity index (χ1) is 15.2. The minimum Gasteiger partial charge on any atom is -0.393 e. The zero-order chi connectivity index (χ0) is 23.9. The first-order valence-electron chi connectivity index (χ1n) is 14.2. The molecule has 0 aromatic rings. The zero-order valence-corrected chi connectivity index (χ0v) is 22.5. The predicted molar refractivity (Wildman–Crippen MR) is 132 cm³/mol. The van der Waals surface area contributed by atoms with Crippen LogP contribution in [0.2, 0.25) is 0 Å². The number of fused-ring (bicyclic) bond motifs is 4. The topological polar surface area (TPSA) is 49.7 Å². The fourth-order valence-corrected chi connectivity index (χ4v) is 12.0. The molecule has 5 saturated carbocycles. The largest absolute Gasteiger partial charge is 0.393 e. The Labute approximate surface area is 202 Å². The van der Waals surface area contributed by atoms with E-state index in [9.17, 15) is 10.2 Å². The van der Waals surface area contributed by atoms with Gasteiger partial charge >= 0.3 is 0 Å². The summed E-state index contributed by atoms with van der Waals surface area (Å²) >= 11 is 0. The third kappa shape index (κ3) is 2.45. The molecule has 2 bridgehead atoms. The summed E-state index contributed by atoms with van der Waals surface area (Å²) in [5.41, 5.74) is 0.714. The van der Waals surface area contributed by atoms with E-state index < -0.39 is 0 Å². The molecule has 0 amide bonds. The molecule has 6 aliphatic rings. The molecule has 0 aromatic heterocycles. The van der Waals surface area contributed by atoms with Crippen molar-refractivity contribution in [2.75, 3.05) is 6.61 Å². The van der Waals surface area contributed by atoms with E-state index in [4.69, 9.17) is 4.74 Å². The van der Waals surface area contributed by atoms with Crippen molar-refractivity contribution in [3.63, 3.8) is 0 Å². The Kier molecular flexibility index (Phi) is 4.52. The Balaban J connectivity index is 1.45. The quantitative estimate of drug-likeness (QED) is 0.444. The van der Waals surface area contributed by atoms with Crippen molar-refractivity contribution in [3.05, 3.63) is 0 Å².